The van der Waals surface area contributed by atoms with Gasteiger partial charge in [-0.1, -0.05) is 23.2 Å². The lowest BCUT2D eigenvalue weighted by Crippen LogP contribution is -1.87. The van der Waals surface area contributed by atoms with Crippen LogP contribution in [0, 0.1) is 0 Å². The van der Waals surface area contributed by atoms with Crippen molar-refractivity contribution in [2.75, 3.05) is 5.73 Å². The number of aromatic nitrogens is 1. The molecule has 0 saturated carbocycles. The summed E-state index contributed by atoms with van der Waals surface area (Å²) in [5.74, 6) is 0.755. The van der Waals surface area contributed by atoms with Gasteiger partial charge in [-0.05, 0) is 29.8 Å². The van der Waals surface area contributed by atoms with E-state index >= 15 is 0 Å². The Morgan fingerprint density at radius 2 is 2.00 bits per heavy atom. The van der Waals surface area contributed by atoms with E-state index in [9.17, 15) is 0 Å². The molecule has 0 radical (unpaired) electrons. The molecule has 2 rings (SSSR count). The molecule has 88 valence electrons. The van der Waals surface area contributed by atoms with Crippen molar-refractivity contribution < 1.29 is 0 Å². The van der Waals surface area contributed by atoms with Crippen LogP contribution in [0.15, 0.2) is 41.6 Å². The van der Waals surface area contributed by atoms with Crippen molar-refractivity contribution in [3.63, 3.8) is 0 Å². The second-order valence-corrected chi connectivity index (χ2v) is 5.28. The summed E-state index contributed by atoms with van der Waals surface area (Å²) in [5.41, 5.74) is 7.34. The predicted octanol–water partition coefficient (Wildman–Crippen LogP) is 4.26. The number of nitrogen functional groups attached to an aromatic ring is 1. The van der Waals surface area contributed by atoms with Crippen molar-refractivity contribution in [3.05, 3.63) is 52.3 Å². The number of nitrogens with two attached hydrogens (primary N) is 1. The predicted molar refractivity (Wildman–Crippen MR) is 74.7 cm³/mol. The molecule has 1 heterocycles. The van der Waals surface area contributed by atoms with Gasteiger partial charge in [-0.15, -0.1) is 11.8 Å². The van der Waals surface area contributed by atoms with Crippen molar-refractivity contribution in [2.45, 2.75) is 10.6 Å². The first-order valence-corrected chi connectivity index (χ1v) is 6.67. The van der Waals surface area contributed by atoms with Gasteiger partial charge in [0.2, 0.25) is 0 Å². The van der Waals surface area contributed by atoms with Gasteiger partial charge in [0.25, 0.3) is 0 Å². The standard InChI is InChI=1S/C12H10Cl2N2S/c13-10-5-9(15)1-2-12(10)17-7-8-3-4-16-6-11(8)14/h1-6H,7,15H2. The zero-order valence-electron chi connectivity index (χ0n) is 8.86. The summed E-state index contributed by atoms with van der Waals surface area (Å²) in [4.78, 5) is 4.94. The van der Waals surface area contributed by atoms with E-state index in [-0.39, 0.29) is 0 Å². The van der Waals surface area contributed by atoms with Crippen LogP contribution in [0.4, 0.5) is 5.69 Å². The number of nitrogens with zero attached hydrogens (tertiary/aromatic N) is 1. The third-order valence-corrected chi connectivity index (χ3v) is 4.08. The van der Waals surface area contributed by atoms with Gasteiger partial charge in [-0.3, -0.25) is 4.98 Å². The summed E-state index contributed by atoms with van der Waals surface area (Å²) in [6, 6.07) is 7.40. The van der Waals surface area contributed by atoms with E-state index in [1.807, 2.05) is 18.2 Å². The van der Waals surface area contributed by atoms with Gasteiger partial charge in [0.1, 0.15) is 0 Å². The van der Waals surface area contributed by atoms with Crippen molar-refractivity contribution >= 4 is 40.7 Å². The first-order valence-electron chi connectivity index (χ1n) is 4.93. The van der Waals surface area contributed by atoms with Crippen LogP contribution in [-0.2, 0) is 5.75 Å². The molecule has 1 aromatic carbocycles. The Bertz CT molecular complexity index is 532. The fourth-order valence-electron chi connectivity index (χ4n) is 1.31. The van der Waals surface area contributed by atoms with Crippen LogP contribution < -0.4 is 5.73 Å². The molecule has 0 atom stereocenters. The fourth-order valence-corrected chi connectivity index (χ4v) is 2.85. The summed E-state index contributed by atoms with van der Waals surface area (Å²) in [6.45, 7) is 0. The smallest absolute Gasteiger partial charge is 0.0629 e. The molecule has 0 fully saturated rings. The highest BCUT2D eigenvalue weighted by atomic mass is 35.5. The Kier molecular flexibility index (Phi) is 4.15. The Morgan fingerprint density at radius 1 is 1.18 bits per heavy atom. The van der Waals surface area contributed by atoms with E-state index in [4.69, 9.17) is 28.9 Å². The van der Waals surface area contributed by atoms with Crippen LogP contribution in [0.5, 0.6) is 0 Å². The molecule has 0 aliphatic carbocycles. The minimum absolute atomic E-state index is 0.667. The quantitative estimate of drug-likeness (QED) is 0.676. The molecule has 5 heteroatoms. The van der Waals surface area contributed by atoms with Gasteiger partial charge >= 0.3 is 0 Å². The Labute approximate surface area is 114 Å². The van der Waals surface area contributed by atoms with E-state index in [0.29, 0.717) is 15.7 Å². The zero-order chi connectivity index (χ0) is 12.3. The van der Waals surface area contributed by atoms with Crippen molar-refractivity contribution in [1.82, 2.24) is 4.98 Å². The third kappa shape index (κ3) is 3.28. The first-order chi connectivity index (χ1) is 8.16. The molecule has 2 aromatic rings. The molecule has 2 N–H and O–H groups in total. The van der Waals surface area contributed by atoms with E-state index < -0.39 is 0 Å². The molecule has 0 aliphatic heterocycles. The highest BCUT2D eigenvalue weighted by molar-refractivity contribution is 7.98. The maximum atomic E-state index is 6.09. The Hall–Kier alpha value is -0.900. The summed E-state index contributed by atoms with van der Waals surface area (Å²) >= 11 is 13.7. The highest BCUT2D eigenvalue weighted by Crippen LogP contribution is 2.32. The molecular formula is C12H10Cl2N2S. The van der Waals surface area contributed by atoms with Gasteiger partial charge in [0, 0.05) is 28.7 Å². The van der Waals surface area contributed by atoms with Gasteiger partial charge in [0.15, 0.2) is 0 Å². The van der Waals surface area contributed by atoms with Crippen LogP contribution in [0.25, 0.3) is 0 Å². The van der Waals surface area contributed by atoms with E-state index in [1.165, 1.54) is 0 Å². The van der Waals surface area contributed by atoms with Crippen LogP contribution in [0.3, 0.4) is 0 Å². The summed E-state index contributed by atoms with van der Waals surface area (Å²) in [7, 11) is 0. The third-order valence-electron chi connectivity index (χ3n) is 2.20. The number of pyridine rings is 1. The first kappa shape index (κ1) is 12.6. The van der Waals surface area contributed by atoms with Crippen LogP contribution in [0.2, 0.25) is 10.0 Å². The topological polar surface area (TPSA) is 38.9 Å². The second-order valence-electron chi connectivity index (χ2n) is 3.45. The Morgan fingerprint density at radius 3 is 2.71 bits per heavy atom. The normalized spacial score (nSPS) is 10.5. The summed E-state index contributed by atoms with van der Waals surface area (Å²) in [6.07, 6.45) is 3.37. The molecule has 2 nitrogen and oxygen atoms in total. The average molecular weight is 285 g/mol. The highest BCUT2D eigenvalue weighted by Gasteiger charge is 2.04. The van der Waals surface area contributed by atoms with Crippen LogP contribution >= 0.6 is 35.0 Å². The molecule has 0 aliphatic rings. The fraction of sp³-hybridized carbons (Fsp3) is 0.0833. The number of rotatable bonds is 3. The number of halogens is 2. The molecule has 0 spiro atoms. The van der Waals surface area contributed by atoms with E-state index in [2.05, 4.69) is 4.98 Å². The lowest BCUT2D eigenvalue weighted by atomic mass is 10.3. The van der Waals surface area contributed by atoms with Crippen molar-refractivity contribution in [1.29, 1.82) is 0 Å². The van der Waals surface area contributed by atoms with E-state index in [1.54, 1.807) is 30.2 Å². The lowest BCUT2D eigenvalue weighted by molar-refractivity contribution is 1.27. The van der Waals surface area contributed by atoms with Crippen LogP contribution in [-0.4, -0.2) is 4.98 Å². The number of anilines is 1. The molecule has 1 aromatic heterocycles. The average Bonchev–Trinajstić information content (AvgIpc) is 2.30. The van der Waals surface area contributed by atoms with Gasteiger partial charge in [-0.2, -0.15) is 0 Å². The zero-order valence-corrected chi connectivity index (χ0v) is 11.2. The molecular weight excluding hydrogens is 275 g/mol. The number of benzene rings is 1. The monoisotopic (exact) mass is 284 g/mol. The second kappa shape index (κ2) is 5.63. The van der Waals surface area contributed by atoms with Crippen molar-refractivity contribution in [3.8, 4) is 0 Å². The maximum Gasteiger partial charge on any atom is 0.0629 e. The minimum atomic E-state index is 0.667. The summed E-state index contributed by atoms with van der Waals surface area (Å²) in [5, 5.41) is 1.34. The largest absolute Gasteiger partial charge is 0.399 e. The van der Waals surface area contributed by atoms with Gasteiger partial charge < -0.3 is 5.73 Å². The molecule has 0 bridgehead atoms. The minimum Gasteiger partial charge on any atom is -0.399 e. The number of hydrogen-bond acceptors (Lipinski definition) is 3. The molecule has 0 amide bonds. The lowest BCUT2D eigenvalue weighted by Gasteiger charge is -2.06. The van der Waals surface area contributed by atoms with Crippen LogP contribution in [0.1, 0.15) is 5.56 Å². The SMILES string of the molecule is Nc1ccc(SCc2ccncc2Cl)c(Cl)c1. The van der Waals surface area contributed by atoms with Crippen molar-refractivity contribution in [2.24, 2.45) is 0 Å². The van der Waals surface area contributed by atoms with Gasteiger partial charge in [-0.25, -0.2) is 0 Å². The number of thioether (sulfide) groups is 1. The summed E-state index contributed by atoms with van der Waals surface area (Å²) < 4.78 is 0. The Balaban J connectivity index is 2.10. The van der Waals surface area contributed by atoms with Gasteiger partial charge in [0.05, 0.1) is 10.0 Å². The molecule has 17 heavy (non-hydrogen) atoms. The molecule has 0 unspecified atom stereocenters. The van der Waals surface area contributed by atoms with E-state index in [0.717, 1.165) is 16.2 Å². The number of hydrogen-bond donors (Lipinski definition) is 1. The maximum absolute atomic E-state index is 6.09. The molecule has 0 saturated heterocycles.